The van der Waals surface area contributed by atoms with E-state index in [4.69, 9.17) is 49.0 Å². The van der Waals surface area contributed by atoms with E-state index in [-0.39, 0.29) is 30.9 Å². The van der Waals surface area contributed by atoms with Crippen molar-refractivity contribution in [2.45, 2.75) is 31.0 Å². The molecule has 11 heteroatoms. The van der Waals surface area contributed by atoms with E-state index in [0.717, 1.165) is 5.56 Å². The third kappa shape index (κ3) is 3.68. The van der Waals surface area contributed by atoms with Crippen molar-refractivity contribution >= 4 is 51.8 Å². The molecule has 8 nitrogen and oxygen atoms in total. The Labute approximate surface area is 186 Å². The first-order valence-corrected chi connectivity index (χ1v) is 10.4. The lowest BCUT2D eigenvalue weighted by Gasteiger charge is -2.15. The molecule has 2 aromatic heterocycles. The topological polar surface area (TPSA) is 102 Å². The monoisotopic (exact) mass is 470 g/mol. The molecule has 2 fully saturated rings. The molecule has 3 aromatic rings. The minimum Gasteiger partial charge on any atom is -0.456 e. The van der Waals surface area contributed by atoms with E-state index >= 15 is 0 Å². The van der Waals surface area contributed by atoms with E-state index in [0.29, 0.717) is 45.2 Å². The normalized spacial score (nSPS) is 25.6. The molecular formula is C19H17Cl3N4O4. The number of aliphatic hydroxyl groups excluding tert-OH is 1. The third-order valence-electron chi connectivity index (χ3n) is 5.14. The summed E-state index contributed by atoms with van der Waals surface area (Å²) in [6.07, 6.45) is -1.72. The molecule has 30 heavy (non-hydrogen) atoms. The van der Waals surface area contributed by atoms with Gasteiger partial charge in [0.05, 0.1) is 23.8 Å². The summed E-state index contributed by atoms with van der Waals surface area (Å²) < 4.78 is 17.0. The highest BCUT2D eigenvalue weighted by Gasteiger charge is 2.48. The number of ether oxygens (including phenoxy) is 3. The standard InChI is InChI=1S/C19H17Cl3N4O4/c20-9-2-1-3-10(21)8(9)5-23-17-11(22)4-12-18(25-17)26-19(24-12)30-14-7-29-15-13(27)6-28-16(14)15/h1-4,13-16,27H,5-7H2,(H2,23,24,25,26)/t13-,14-,15?,16?/m1/s1. The van der Waals surface area contributed by atoms with Crippen molar-refractivity contribution in [2.75, 3.05) is 18.5 Å². The van der Waals surface area contributed by atoms with Crippen molar-refractivity contribution in [3.8, 4) is 6.01 Å². The summed E-state index contributed by atoms with van der Waals surface area (Å²) >= 11 is 18.8. The van der Waals surface area contributed by atoms with Crippen LogP contribution in [0.1, 0.15) is 5.56 Å². The van der Waals surface area contributed by atoms with E-state index in [9.17, 15) is 5.11 Å². The zero-order valence-corrected chi connectivity index (χ0v) is 17.7. The van der Waals surface area contributed by atoms with Crippen LogP contribution in [0.2, 0.25) is 15.1 Å². The van der Waals surface area contributed by atoms with Crippen LogP contribution in [0.3, 0.4) is 0 Å². The van der Waals surface area contributed by atoms with Crippen molar-refractivity contribution in [1.29, 1.82) is 0 Å². The number of H-pyrrole nitrogens is 1. The molecule has 4 heterocycles. The lowest BCUT2D eigenvalue weighted by Crippen LogP contribution is -2.34. The van der Waals surface area contributed by atoms with Crippen LogP contribution in [0.4, 0.5) is 5.82 Å². The van der Waals surface area contributed by atoms with Crippen LogP contribution in [-0.4, -0.2) is 57.7 Å². The molecule has 0 bridgehead atoms. The lowest BCUT2D eigenvalue weighted by molar-refractivity contribution is 0.00706. The van der Waals surface area contributed by atoms with E-state index in [1.54, 1.807) is 24.3 Å². The first-order valence-electron chi connectivity index (χ1n) is 9.30. The summed E-state index contributed by atoms with van der Waals surface area (Å²) in [5, 5.41) is 14.5. The van der Waals surface area contributed by atoms with Gasteiger partial charge in [-0.15, -0.1) is 0 Å². The lowest BCUT2D eigenvalue weighted by atomic mass is 10.1. The highest BCUT2D eigenvalue weighted by Crippen LogP contribution is 2.31. The number of fused-ring (bicyclic) bond motifs is 2. The maximum atomic E-state index is 9.85. The van der Waals surface area contributed by atoms with Crippen LogP contribution in [0.5, 0.6) is 6.01 Å². The van der Waals surface area contributed by atoms with Crippen molar-refractivity contribution < 1.29 is 19.3 Å². The number of benzene rings is 1. The SMILES string of the molecule is O[C@@H]1COC2C1OC[C@H]2Oc1nc2nc(NCc3c(Cl)cccc3Cl)c(Cl)cc2[nH]1. The molecule has 0 spiro atoms. The molecule has 0 aliphatic carbocycles. The number of nitrogens with one attached hydrogen (secondary N) is 2. The minimum absolute atomic E-state index is 0.233. The second-order valence-electron chi connectivity index (χ2n) is 7.11. The Bertz CT molecular complexity index is 1070. The number of rotatable bonds is 5. The number of aromatic amines is 1. The van der Waals surface area contributed by atoms with Crippen LogP contribution >= 0.6 is 34.8 Å². The Hall–Kier alpha value is -1.81. The molecule has 0 saturated carbocycles. The number of aliphatic hydroxyl groups is 1. The van der Waals surface area contributed by atoms with Crippen LogP contribution in [0, 0.1) is 0 Å². The zero-order chi connectivity index (χ0) is 20.8. The average molecular weight is 472 g/mol. The van der Waals surface area contributed by atoms with Gasteiger partial charge in [-0.25, -0.2) is 4.98 Å². The Morgan fingerprint density at radius 3 is 2.67 bits per heavy atom. The smallest absolute Gasteiger partial charge is 0.296 e. The van der Waals surface area contributed by atoms with Gasteiger partial charge in [-0.1, -0.05) is 40.9 Å². The predicted molar refractivity (Wildman–Crippen MR) is 113 cm³/mol. The van der Waals surface area contributed by atoms with Gasteiger partial charge in [-0.2, -0.15) is 4.98 Å². The second-order valence-corrected chi connectivity index (χ2v) is 8.33. The van der Waals surface area contributed by atoms with E-state index < -0.39 is 6.10 Å². The maximum Gasteiger partial charge on any atom is 0.296 e. The number of anilines is 1. The minimum atomic E-state index is -0.639. The third-order valence-corrected chi connectivity index (χ3v) is 6.14. The first-order chi connectivity index (χ1) is 14.5. The molecular weight excluding hydrogens is 455 g/mol. The highest BCUT2D eigenvalue weighted by atomic mass is 35.5. The van der Waals surface area contributed by atoms with Crippen molar-refractivity contribution in [3.63, 3.8) is 0 Å². The van der Waals surface area contributed by atoms with E-state index in [2.05, 4.69) is 20.3 Å². The number of hydrogen-bond acceptors (Lipinski definition) is 7. The molecule has 1 aromatic carbocycles. The number of nitrogens with zero attached hydrogens (tertiary/aromatic N) is 2. The largest absolute Gasteiger partial charge is 0.456 e. The molecule has 2 aliphatic rings. The molecule has 2 saturated heterocycles. The Morgan fingerprint density at radius 2 is 1.87 bits per heavy atom. The Balaban J connectivity index is 1.33. The fourth-order valence-corrected chi connectivity index (χ4v) is 4.39. The quantitative estimate of drug-likeness (QED) is 0.524. The first kappa shape index (κ1) is 20.1. The molecule has 0 amide bonds. The Kier molecular flexibility index (Phi) is 5.38. The van der Waals surface area contributed by atoms with Gasteiger partial charge in [0.25, 0.3) is 6.01 Å². The maximum absolute atomic E-state index is 9.85. The number of halogens is 3. The molecule has 0 radical (unpaired) electrons. The fraction of sp³-hybridized carbons (Fsp3) is 0.368. The van der Waals surface area contributed by atoms with Gasteiger partial charge in [0, 0.05) is 22.2 Å². The van der Waals surface area contributed by atoms with Gasteiger partial charge in [-0.05, 0) is 18.2 Å². The van der Waals surface area contributed by atoms with E-state index in [1.165, 1.54) is 0 Å². The van der Waals surface area contributed by atoms with Gasteiger partial charge in [-0.3, -0.25) is 0 Å². The fourth-order valence-electron chi connectivity index (χ4n) is 3.64. The predicted octanol–water partition coefficient (Wildman–Crippen LogP) is 3.44. The van der Waals surface area contributed by atoms with Crippen molar-refractivity contribution in [1.82, 2.24) is 15.0 Å². The summed E-state index contributed by atoms with van der Waals surface area (Å²) in [6.45, 7) is 0.895. The van der Waals surface area contributed by atoms with Crippen molar-refractivity contribution in [2.24, 2.45) is 0 Å². The zero-order valence-electron chi connectivity index (χ0n) is 15.4. The average Bonchev–Trinajstić information content (AvgIpc) is 3.39. The Morgan fingerprint density at radius 1 is 1.10 bits per heavy atom. The van der Waals surface area contributed by atoms with Gasteiger partial charge in [0.2, 0.25) is 0 Å². The van der Waals surface area contributed by atoms with E-state index in [1.807, 2.05) is 0 Å². The van der Waals surface area contributed by atoms with Gasteiger partial charge >= 0.3 is 0 Å². The number of imidazole rings is 1. The molecule has 158 valence electrons. The summed E-state index contributed by atoms with van der Waals surface area (Å²) in [5.41, 5.74) is 1.81. The molecule has 4 atom stereocenters. The van der Waals surface area contributed by atoms with Crippen LogP contribution < -0.4 is 10.1 Å². The van der Waals surface area contributed by atoms with Gasteiger partial charge < -0.3 is 29.6 Å². The molecule has 2 aliphatic heterocycles. The van der Waals surface area contributed by atoms with Crippen LogP contribution in [-0.2, 0) is 16.0 Å². The van der Waals surface area contributed by atoms with Crippen molar-refractivity contribution in [3.05, 3.63) is 44.9 Å². The molecule has 3 N–H and O–H groups in total. The number of hydrogen-bond donors (Lipinski definition) is 3. The summed E-state index contributed by atoms with van der Waals surface area (Å²) in [5.74, 6) is 0.449. The summed E-state index contributed by atoms with van der Waals surface area (Å²) in [7, 11) is 0. The van der Waals surface area contributed by atoms with Gasteiger partial charge in [0.1, 0.15) is 24.1 Å². The number of pyridine rings is 1. The number of aromatic nitrogens is 3. The van der Waals surface area contributed by atoms with Crippen LogP contribution in [0.15, 0.2) is 24.3 Å². The summed E-state index contributed by atoms with van der Waals surface area (Å²) in [6, 6.07) is 7.31. The molecule has 5 rings (SSSR count). The summed E-state index contributed by atoms with van der Waals surface area (Å²) in [4.78, 5) is 11.9. The van der Waals surface area contributed by atoms with Gasteiger partial charge in [0.15, 0.2) is 11.8 Å². The molecule has 2 unspecified atom stereocenters. The second kappa shape index (κ2) is 8.03. The van der Waals surface area contributed by atoms with Crippen LogP contribution in [0.25, 0.3) is 11.2 Å². The highest BCUT2D eigenvalue weighted by molar-refractivity contribution is 6.36.